The van der Waals surface area contributed by atoms with E-state index in [0.717, 1.165) is 12.8 Å². The van der Waals surface area contributed by atoms with Gasteiger partial charge in [0.2, 0.25) is 5.91 Å². The quantitative estimate of drug-likeness (QED) is 0.382. The molecule has 0 bridgehead atoms. The zero-order valence-corrected chi connectivity index (χ0v) is 7.42. The Kier molecular flexibility index (Phi) is 5.25. The van der Waals surface area contributed by atoms with Crippen molar-refractivity contribution in [3.8, 4) is 0 Å². The topological polar surface area (TPSA) is 101 Å². The molecule has 0 aliphatic carbocycles. The summed E-state index contributed by atoms with van der Waals surface area (Å²) >= 11 is 0. The van der Waals surface area contributed by atoms with Gasteiger partial charge < -0.3 is 5.73 Å². The highest BCUT2D eigenvalue weighted by atomic mass is 16.2. The second-order valence-electron chi connectivity index (χ2n) is 2.47. The molecule has 4 N–H and O–H groups in total. The first-order chi connectivity index (χ1) is 6.07. The predicted molar refractivity (Wildman–Crippen MR) is 45.0 cm³/mol. The molecule has 0 aliphatic heterocycles. The van der Waals surface area contributed by atoms with Crippen LogP contribution in [0.25, 0.3) is 0 Å². The maximum atomic E-state index is 10.9. The van der Waals surface area contributed by atoms with Gasteiger partial charge in [0.05, 0.1) is 0 Å². The van der Waals surface area contributed by atoms with Crippen LogP contribution in [0.4, 0.5) is 0 Å². The SMILES string of the molecule is CCCCC(=O)NNC(=O)C(N)=O. The minimum Gasteiger partial charge on any atom is -0.361 e. The molecule has 0 heterocycles. The summed E-state index contributed by atoms with van der Waals surface area (Å²) in [6.45, 7) is 1.94. The second kappa shape index (κ2) is 5.99. The Morgan fingerprint density at radius 2 is 1.85 bits per heavy atom. The van der Waals surface area contributed by atoms with Crippen molar-refractivity contribution in [1.29, 1.82) is 0 Å². The lowest BCUT2D eigenvalue weighted by Crippen LogP contribution is -2.46. The van der Waals surface area contributed by atoms with Crippen LogP contribution in [0.5, 0.6) is 0 Å². The molecule has 0 aromatic heterocycles. The first-order valence-corrected chi connectivity index (χ1v) is 3.96. The molecule has 0 unspecified atom stereocenters. The van der Waals surface area contributed by atoms with Crippen LogP contribution >= 0.6 is 0 Å². The maximum Gasteiger partial charge on any atom is 0.327 e. The molecule has 0 radical (unpaired) electrons. The largest absolute Gasteiger partial charge is 0.361 e. The predicted octanol–water partition coefficient (Wildman–Crippen LogP) is -1.19. The summed E-state index contributed by atoms with van der Waals surface area (Å²) in [7, 11) is 0. The summed E-state index contributed by atoms with van der Waals surface area (Å²) in [5, 5.41) is 0. The van der Waals surface area contributed by atoms with E-state index in [4.69, 9.17) is 0 Å². The Morgan fingerprint density at radius 1 is 1.23 bits per heavy atom. The maximum absolute atomic E-state index is 10.9. The number of hydrogen-bond donors (Lipinski definition) is 3. The Bertz CT molecular complexity index is 215. The van der Waals surface area contributed by atoms with Gasteiger partial charge in [-0.2, -0.15) is 0 Å². The van der Waals surface area contributed by atoms with Gasteiger partial charge >= 0.3 is 11.8 Å². The van der Waals surface area contributed by atoms with Gasteiger partial charge in [-0.05, 0) is 6.42 Å². The molecule has 0 atom stereocenters. The van der Waals surface area contributed by atoms with E-state index in [9.17, 15) is 14.4 Å². The van der Waals surface area contributed by atoms with E-state index in [2.05, 4.69) is 11.2 Å². The minimum atomic E-state index is -1.13. The van der Waals surface area contributed by atoms with Crippen LogP contribution in [0.1, 0.15) is 26.2 Å². The van der Waals surface area contributed by atoms with Crippen LogP contribution in [0.2, 0.25) is 0 Å². The van der Waals surface area contributed by atoms with Crippen molar-refractivity contribution in [3.05, 3.63) is 0 Å². The van der Waals surface area contributed by atoms with Crippen LogP contribution in [-0.4, -0.2) is 17.7 Å². The smallest absolute Gasteiger partial charge is 0.327 e. The van der Waals surface area contributed by atoms with Gasteiger partial charge in [0.15, 0.2) is 0 Å². The fraction of sp³-hybridized carbons (Fsp3) is 0.571. The molecule has 6 heteroatoms. The van der Waals surface area contributed by atoms with Gasteiger partial charge in [0.25, 0.3) is 0 Å². The summed E-state index contributed by atoms with van der Waals surface area (Å²) in [4.78, 5) is 31.6. The van der Waals surface area contributed by atoms with E-state index < -0.39 is 11.8 Å². The summed E-state index contributed by atoms with van der Waals surface area (Å²) in [5.74, 6) is -2.49. The van der Waals surface area contributed by atoms with E-state index in [1.165, 1.54) is 0 Å². The van der Waals surface area contributed by atoms with Crippen LogP contribution in [0, 0.1) is 0 Å². The number of rotatable bonds is 3. The molecule has 0 saturated carbocycles. The standard InChI is InChI=1S/C7H13N3O3/c1-2-3-4-5(11)9-10-7(13)6(8)12/h2-4H2,1H3,(H2,8,12)(H,9,11)(H,10,13). The second-order valence-corrected chi connectivity index (χ2v) is 2.47. The molecule has 0 fully saturated rings. The van der Waals surface area contributed by atoms with Gasteiger partial charge in [-0.25, -0.2) is 0 Å². The van der Waals surface area contributed by atoms with E-state index >= 15 is 0 Å². The first kappa shape index (κ1) is 11.4. The molecule has 0 aliphatic rings. The van der Waals surface area contributed by atoms with Crippen LogP contribution < -0.4 is 16.6 Å². The third kappa shape index (κ3) is 5.66. The zero-order valence-electron chi connectivity index (χ0n) is 7.42. The minimum absolute atomic E-state index is 0.315. The van der Waals surface area contributed by atoms with Crippen molar-refractivity contribution in [1.82, 2.24) is 10.9 Å². The van der Waals surface area contributed by atoms with Crippen LogP contribution in [0.15, 0.2) is 0 Å². The van der Waals surface area contributed by atoms with E-state index in [1.54, 1.807) is 0 Å². The summed E-state index contributed by atoms with van der Waals surface area (Å²) < 4.78 is 0. The Balaban J connectivity index is 3.58. The summed E-state index contributed by atoms with van der Waals surface area (Å²) in [6, 6.07) is 0. The molecule has 6 nitrogen and oxygen atoms in total. The molecule has 0 aromatic carbocycles. The molecule has 74 valence electrons. The first-order valence-electron chi connectivity index (χ1n) is 3.96. The van der Waals surface area contributed by atoms with Gasteiger partial charge in [0, 0.05) is 6.42 Å². The molecule has 0 spiro atoms. The molecule has 13 heavy (non-hydrogen) atoms. The monoisotopic (exact) mass is 187 g/mol. The highest BCUT2D eigenvalue weighted by Gasteiger charge is 2.08. The molecule has 0 saturated heterocycles. The van der Waals surface area contributed by atoms with E-state index in [0.29, 0.717) is 6.42 Å². The lowest BCUT2D eigenvalue weighted by molar-refractivity contribution is -0.139. The molecular weight excluding hydrogens is 174 g/mol. The van der Waals surface area contributed by atoms with Crippen molar-refractivity contribution in [2.24, 2.45) is 5.73 Å². The fourth-order valence-electron chi connectivity index (χ4n) is 0.588. The zero-order chi connectivity index (χ0) is 10.3. The summed E-state index contributed by atoms with van der Waals surface area (Å²) in [5.41, 5.74) is 8.56. The molecule has 3 amide bonds. The average molecular weight is 187 g/mol. The van der Waals surface area contributed by atoms with Crippen molar-refractivity contribution in [2.75, 3.05) is 0 Å². The van der Waals surface area contributed by atoms with Crippen LogP contribution in [-0.2, 0) is 14.4 Å². The number of carbonyl (C=O) groups excluding carboxylic acids is 3. The number of nitrogens with two attached hydrogens (primary N) is 1. The highest BCUT2D eigenvalue weighted by Crippen LogP contribution is 1.91. The molecular formula is C7H13N3O3. The van der Waals surface area contributed by atoms with Crippen molar-refractivity contribution in [2.45, 2.75) is 26.2 Å². The van der Waals surface area contributed by atoms with Gasteiger partial charge in [-0.1, -0.05) is 13.3 Å². The Labute approximate surface area is 75.8 Å². The number of hydrogen-bond acceptors (Lipinski definition) is 3. The van der Waals surface area contributed by atoms with Gasteiger partial charge in [-0.3, -0.25) is 25.2 Å². The number of hydrazine groups is 1. The van der Waals surface area contributed by atoms with Crippen LogP contribution in [0.3, 0.4) is 0 Å². The van der Waals surface area contributed by atoms with Crippen molar-refractivity contribution >= 4 is 17.7 Å². The Morgan fingerprint density at radius 3 is 2.31 bits per heavy atom. The number of primary amides is 1. The Hall–Kier alpha value is -1.59. The average Bonchev–Trinajstić information content (AvgIpc) is 2.10. The summed E-state index contributed by atoms with van der Waals surface area (Å²) in [6.07, 6.45) is 1.94. The van der Waals surface area contributed by atoms with Crippen molar-refractivity contribution in [3.63, 3.8) is 0 Å². The third-order valence-electron chi connectivity index (χ3n) is 1.30. The van der Waals surface area contributed by atoms with Gasteiger partial charge in [-0.15, -0.1) is 0 Å². The lowest BCUT2D eigenvalue weighted by Gasteiger charge is -2.03. The number of amides is 3. The lowest BCUT2D eigenvalue weighted by atomic mass is 10.2. The number of carbonyl (C=O) groups is 3. The van der Waals surface area contributed by atoms with E-state index in [-0.39, 0.29) is 5.91 Å². The fourth-order valence-corrected chi connectivity index (χ4v) is 0.588. The van der Waals surface area contributed by atoms with Gasteiger partial charge in [0.1, 0.15) is 0 Å². The molecule has 0 aromatic rings. The number of unbranched alkanes of at least 4 members (excludes halogenated alkanes) is 1. The third-order valence-corrected chi connectivity index (χ3v) is 1.30. The highest BCUT2D eigenvalue weighted by molar-refractivity contribution is 6.34. The van der Waals surface area contributed by atoms with E-state index in [1.807, 2.05) is 12.3 Å². The normalized spacial score (nSPS) is 9.00. The number of nitrogens with one attached hydrogen (secondary N) is 2. The molecule has 0 rings (SSSR count). The van der Waals surface area contributed by atoms with Crippen molar-refractivity contribution < 1.29 is 14.4 Å².